The zero-order valence-corrected chi connectivity index (χ0v) is 13.6. The molecule has 0 radical (unpaired) electrons. The third-order valence-electron chi connectivity index (χ3n) is 3.65. The van der Waals surface area contributed by atoms with Crippen LogP contribution < -0.4 is 5.43 Å². The molecule has 116 valence electrons. The number of aliphatic imine (C=N–C) groups is 1. The Bertz CT molecular complexity index is 794. The van der Waals surface area contributed by atoms with Crippen LogP contribution in [0.15, 0.2) is 62.7 Å². The first-order valence-electron chi connectivity index (χ1n) is 6.97. The summed E-state index contributed by atoms with van der Waals surface area (Å²) >= 11 is 0. The summed E-state index contributed by atoms with van der Waals surface area (Å²) in [6, 6.07) is 8.46. The molecule has 2 heterocycles. The Labute approximate surface area is 130 Å². The van der Waals surface area contributed by atoms with Gasteiger partial charge in [0, 0.05) is 18.5 Å². The summed E-state index contributed by atoms with van der Waals surface area (Å²) in [5, 5.41) is 3.54. The fourth-order valence-electron chi connectivity index (χ4n) is 2.67. The highest BCUT2D eigenvalue weighted by atomic mass is 32.2. The van der Waals surface area contributed by atoms with Crippen molar-refractivity contribution < 1.29 is 8.42 Å². The SMILES string of the molecule is CNN1CC(S(=O)(=O)c2ccccc2)=C2N=C(C)C=C(C)N21. The van der Waals surface area contributed by atoms with Gasteiger partial charge in [-0.25, -0.2) is 23.8 Å². The van der Waals surface area contributed by atoms with E-state index in [1.807, 2.05) is 19.9 Å². The van der Waals surface area contributed by atoms with Crippen molar-refractivity contribution in [1.82, 2.24) is 15.6 Å². The van der Waals surface area contributed by atoms with E-state index < -0.39 is 9.84 Å². The van der Waals surface area contributed by atoms with Gasteiger partial charge in [-0.3, -0.25) is 0 Å². The van der Waals surface area contributed by atoms with E-state index in [0.29, 0.717) is 10.7 Å². The molecule has 2 aliphatic rings. The fraction of sp³-hybridized carbons (Fsp3) is 0.267. The maximum Gasteiger partial charge on any atom is 0.207 e. The average Bonchev–Trinajstić information content (AvgIpc) is 2.87. The molecule has 1 aromatic rings. The van der Waals surface area contributed by atoms with Gasteiger partial charge in [-0.2, -0.15) is 0 Å². The number of nitrogens with one attached hydrogen (secondary N) is 1. The second-order valence-corrected chi connectivity index (χ2v) is 7.17. The number of sulfone groups is 1. The zero-order chi connectivity index (χ0) is 15.9. The smallest absolute Gasteiger partial charge is 0.207 e. The summed E-state index contributed by atoms with van der Waals surface area (Å²) in [7, 11) is -1.82. The lowest BCUT2D eigenvalue weighted by Crippen LogP contribution is -2.45. The lowest BCUT2D eigenvalue weighted by Gasteiger charge is -2.32. The first kappa shape index (κ1) is 15.0. The maximum atomic E-state index is 12.9. The molecular formula is C15H18N4O2S. The van der Waals surface area contributed by atoms with Crippen molar-refractivity contribution in [2.45, 2.75) is 18.7 Å². The lowest BCUT2D eigenvalue weighted by atomic mass is 10.3. The summed E-state index contributed by atoms with van der Waals surface area (Å²) < 4.78 is 25.9. The summed E-state index contributed by atoms with van der Waals surface area (Å²) in [4.78, 5) is 5.04. The first-order valence-corrected chi connectivity index (χ1v) is 8.45. The summed E-state index contributed by atoms with van der Waals surface area (Å²) in [6.07, 6.45) is 1.92. The van der Waals surface area contributed by atoms with Crippen molar-refractivity contribution >= 4 is 15.5 Å². The summed E-state index contributed by atoms with van der Waals surface area (Å²) in [5.74, 6) is 0.468. The Balaban J connectivity index is 2.16. The molecule has 0 aromatic heterocycles. The van der Waals surface area contributed by atoms with Gasteiger partial charge in [0.05, 0.1) is 11.4 Å². The van der Waals surface area contributed by atoms with Crippen LogP contribution in [0, 0.1) is 0 Å². The highest BCUT2D eigenvalue weighted by Crippen LogP contribution is 2.35. The van der Waals surface area contributed by atoms with Crippen LogP contribution in [0.3, 0.4) is 0 Å². The van der Waals surface area contributed by atoms with Crippen molar-refractivity contribution in [3.8, 4) is 0 Å². The number of nitrogens with zero attached hydrogens (tertiary/aromatic N) is 3. The van der Waals surface area contributed by atoms with Gasteiger partial charge in [-0.1, -0.05) is 18.2 Å². The molecule has 6 nitrogen and oxygen atoms in total. The van der Waals surface area contributed by atoms with Crippen LogP contribution in [0.1, 0.15) is 13.8 Å². The predicted molar refractivity (Wildman–Crippen MR) is 85.1 cm³/mol. The van der Waals surface area contributed by atoms with Crippen molar-refractivity contribution in [2.75, 3.05) is 13.6 Å². The van der Waals surface area contributed by atoms with Gasteiger partial charge in [0.1, 0.15) is 4.91 Å². The van der Waals surface area contributed by atoms with Crippen molar-refractivity contribution in [3.05, 3.63) is 52.8 Å². The highest BCUT2D eigenvalue weighted by molar-refractivity contribution is 7.95. The van der Waals surface area contributed by atoms with Crippen LogP contribution in [-0.4, -0.2) is 37.8 Å². The van der Waals surface area contributed by atoms with E-state index in [-0.39, 0.29) is 11.4 Å². The van der Waals surface area contributed by atoms with Gasteiger partial charge in [0.15, 0.2) is 5.82 Å². The number of hydrogen-bond acceptors (Lipinski definition) is 6. The van der Waals surface area contributed by atoms with Crippen LogP contribution >= 0.6 is 0 Å². The quantitative estimate of drug-likeness (QED) is 0.918. The Morgan fingerprint density at radius 3 is 2.50 bits per heavy atom. The number of benzene rings is 1. The zero-order valence-electron chi connectivity index (χ0n) is 12.7. The number of rotatable bonds is 3. The third kappa shape index (κ3) is 2.27. The Morgan fingerprint density at radius 1 is 1.18 bits per heavy atom. The molecule has 0 bridgehead atoms. The van der Waals surface area contributed by atoms with Crippen molar-refractivity contribution in [1.29, 1.82) is 0 Å². The minimum atomic E-state index is -3.58. The van der Waals surface area contributed by atoms with Crippen LogP contribution in [0.25, 0.3) is 0 Å². The Kier molecular flexibility index (Phi) is 3.64. The average molecular weight is 318 g/mol. The van der Waals surface area contributed by atoms with E-state index in [2.05, 4.69) is 10.4 Å². The summed E-state index contributed by atoms with van der Waals surface area (Å²) in [5.41, 5.74) is 4.72. The van der Waals surface area contributed by atoms with Gasteiger partial charge in [0.2, 0.25) is 9.84 Å². The number of fused-ring (bicyclic) bond motifs is 1. The van der Waals surface area contributed by atoms with Crippen LogP contribution in [0.2, 0.25) is 0 Å². The molecule has 7 heteroatoms. The molecule has 0 amide bonds. The Morgan fingerprint density at radius 2 is 1.86 bits per heavy atom. The second-order valence-electron chi connectivity index (χ2n) is 5.20. The van der Waals surface area contributed by atoms with Crippen LogP contribution in [0.4, 0.5) is 0 Å². The fourth-order valence-corrected chi connectivity index (χ4v) is 4.13. The monoisotopic (exact) mass is 318 g/mol. The molecule has 22 heavy (non-hydrogen) atoms. The van der Waals surface area contributed by atoms with Crippen LogP contribution in [0.5, 0.6) is 0 Å². The molecule has 0 spiro atoms. The molecule has 0 fully saturated rings. The maximum absolute atomic E-state index is 12.9. The third-order valence-corrected chi connectivity index (χ3v) is 5.51. The second kappa shape index (κ2) is 5.35. The number of hydrazine groups is 2. The minimum Gasteiger partial charge on any atom is -0.246 e. The Hall–Kier alpha value is -1.96. The number of hydrogen-bond donors (Lipinski definition) is 1. The molecular weight excluding hydrogens is 300 g/mol. The molecule has 3 rings (SSSR count). The van der Waals surface area contributed by atoms with Gasteiger partial charge in [-0.05, 0) is 32.1 Å². The molecule has 0 saturated carbocycles. The van der Waals surface area contributed by atoms with E-state index in [0.717, 1.165) is 11.4 Å². The normalized spacial score (nSPS) is 19.1. The van der Waals surface area contributed by atoms with Gasteiger partial charge in [0.25, 0.3) is 0 Å². The van der Waals surface area contributed by atoms with Gasteiger partial charge in [-0.15, -0.1) is 5.12 Å². The molecule has 0 saturated heterocycles. The molecule has 2 aliphatic heterocycles. The van der Waals surface area contributed by atoms with Gasteiger partial charge < -0.3 is 0 Å². The molecule has 1 aromatic carbocycles. The van der Waals surface area contributed by atoms with Crippen molar-refractivity contribution in [2.24, 2.45) is 4.99 Å². The van der Waals surface area contributed by atoms with Gasteiger partial charge >= 0.3 is 0 Å². The standard InChI is InChI=1S/C15H18N4O2S/c1-11-9-12(2)19-15(17-11)14(10-18(19)16-3)22(20,21)13-7-5-4-6-8-13/h4-9,16H,10H2,1-3H3. The molecule has 0 atom stereocenters. The molecule has 1 N–H and O–H groups in total. The van der Waals surface area contributed by atoms with Crippen molar-refractivity contribution in [3.63, 3.8) is 0 Å². The largest absolute Gasteiger partial charge is 0.246 e. The van der Waals surface area contributed by atoms with E-state index >= 15 is 0 Å². The number of allylic oxidation sites excluding steroid dienone is 2. The van der Waals surface area contributed by atoms with E-state index in [9.17, 15) is 8.42 Å². The minimum absolute atomic E-state index is 0.241. The van der Waals surface area contributed by atoms with Crippen LogP contribution in [-0.2, 0) is 9.84 Å². The molecule has 0 aliphatic carbocycles. The highest BCUT2D eigenvalue weighted by Gasteiger charge is 2.39. The van der Waals surface area contributed by atoms with E-state index in [4.69, 9.17) is 0 Å². The summed E-state index contributed by atoms with van der Waals surface area (Å²) in [6.45, 7) is 4.04. The predicted octanol–water partition coefficient (Wildman–Crippen LogP) is 1.67. The molecule has 0 unspecified atom stereocenters. The first-order chi connectivity index (χ1) is 10.4. The lowest BCUT2D eigenvalue weighted by molar-refractivity contribution is 0.0263. The topological polar surface area (TPSA) is 65.0 Å². The van der Waals surface area contributed by atoms with E-state index in [1.165, 1.54) is 0 Å². The van der Waals surface area contributed by atoms with E-state index in [1.54, 1.807) is 47.5 Å².